The molecule has 1 heterocycles. The maximum absolute atomic E-state index is 12.3. The number of hydrogen-bond donors (Lipinski definition) is 1. The lowest BCUT2D eigenvalue weighted by atomic mass is 10.1. The molecule has 0 saturated carbocycles. The normalized spacial score (nSPS) is 11.3. The predicted octanol–water partition coefficient (Wildman–Crippen LogP) is 4.88. The maximum Gasteiger partial charge on any atom is 0.307 e. The third kappa shape index (κ3) is 4.23. The maximum atomic E-state index is 12.3. The van der Waals surface area contributed by atoms with Gasteiger partial charge in [0, 0.05) is 5.56 Å². The first-order chi connectivity index (χ1) is 12.3. The summed E-state index contributed by atoms with van der Waals surface area (Å²) < 4.78 is 5.65. The van der Waals surface area contributed by atoms with Gasteiger partial charge in [-0.1, -0.05) is 74.0 Å². The molecular weight excluding hydrogens is 312 g/mol. The van der Waals surface area contributed by atoms with Crippen molar-refractivity contribution in [1.29, 1.82) is 0 Å². The smallest absolute Gasteiger partial charge is 0.307 e. The van der Waals surface area contributed by atoms with Gasteiger partial charge in [0.05, 0.1) is 5.71 Å². The highest BCUT2D eigenvalue weighted by atomic mass is 16.4. The van der Waals surface area contributed by atoms with Crippen LogP contribution in [0, 0.1) is 0 Å². The average molecular weight is 332 g/mol. The zero-order valence-corrected chi connectivity index (χ0v) is 14.1. The summed E-state index contributed by atoms with van der Waals surface area (Å²) in [5.74, 6) is 0.546. The Bertz CT molecular complexity index is 852. The third-order valence-corrected chi connectivity index (χ3v) is 3.77. The van der Waals surface area contributed by atoms with Gasteiger partial charge in [0.25, 0.3) is 0 Å². The molecule has 0 radical (unpaired) electrons. The Morgan fingerprint density at radius 3 is 2.32 bits per heavy atom. The van der Waals surface area contributed by atoms with Gasteiger partial charge < -0.3 is 4.42 Å². The Morgan fingerprint density at radius 1 is 0.960 bits per heavy atom. The number of nitrogens with zero attached hydrogens (tertiary/aromatic N) is 1. The summed E-state index contributed by atoms with van der Waals surface area (Å²) in [6.07, 6.45) is 1.74. The van der Waals surface area contributed by atoms with Gasteiger partial charge in [0.15, 0.2) is 5.76 Å². The average Bonchev–Trinajstić information content (AvgIpc) is 3.16. The number of hydrogen-bond acceptors (Lipinski definition) is 3. The number of carbonyl (C=O) groups is 1. The van der Waals surface area contributed by atoms with Crippen LogP contribution in [0.25, 0.3) is 11.3 Å². The number of hydrazone groups is 1. The van der Waals surface area contributed by atoms with Crippen LogP contribution in [0.3, 0.4) is 0 Å². The fourth-order valence-corrected chi connectivity index (χ4v) is 2.52. The molecule has 1 N–H and O–H groups in total. The fraction of sp³-hybridized carbons (Fsp3) is 0.143. The summed E-state index contributed by atoms with van der Waals surface area (Å²) in [5, 5.41) is 4.30. The molecule has 0 atom stereocenters. The molecule has 126 valence electrons. The topological polar surface area (TPSA) is 54.6 Å². The molecule has 4 nitrogen and oxygen atoms in total. The second kappa shape index (κ2) is 8.11. The number of benzene rings is 2. The van der Waals surface area contributed by atoms with Crippen molar-refractivity contribution in [2.75, 3.05) is 0 Å². The molecule has 0 saturated heterocycles. The Kier molecular flexibility index (Phi) is 5.42. The van der Waals surface area contributed by atoms with Crippen LogP contribution in [-0.2, 0) is 0 Å². The zero-order chi connectivity index (χ0) is 17.5. The molecule has 3 aromatic rings. The van der Waals surface area contributed by atoms with Gasteiger partial charge in [-0.15, -0.1) is 0 Å². The largest absolute Gasteiger partial charge is 0.451 e. The molecule has 0 spiro atoms. The fourth-order valence-electron chi connectivity index (χ4n) is 2.52. The first kappa shape index (κ1) is 16.7. The summed E-state index contributed by atoms with van der Waals surface area (Å²) in [7, 11) is 0. The molecule has 3 rings (SSSR count). The lowest BCUT2D eigenvalue weighted by Crippen LogP contribution is -2.19. The van der Waals surface area contributed by atoms with E-state index >= 15 is 0 Å². The number of rotatable bonds is 6. The molecule has 1 amide bonds. The van der Waals surface area contributed by atoms with Gasteiger partial charge in [-0.05, 0) is 24.1 Å². The van der Waals surface area contributed by atoms with Gasteiger partial charge in [-0.3, -0.25) is 4.79 Å². The van der Waals surface area contributed by atoms with E-state index in [-0.39, 0.29) is 11.7 Å². The SMILES string of the molecule is CCC/C(=N/NC(=O)c1ccc(-c2ccccc2)o1)c1ccccc1. The lowest BCUT2D eigenvalue weighted by Gasteiger charge is -2.05. The first-order valence-corrected chi connectivity index (χ1v) is 8.35. The van der Waals surface area contributed by atoms with Crippen molar-refractivity contribution in [1.82, 2.24) is 5.43 Å². The van der Waals surface area contributed by atoms with Crippen molar-refractivity contribution in [2.24, 2.45) is 5.10 Å². The van der Waals surface area contributed by atoms with E-state index in [0.717, 1.165) is 29.7 Å². The summed E-state index contributed by atoms with van der Waals surface area (Å²) >= 11 is 0. The van der Waals surface area contributed by atoms with E-state index in [1.54, 1.807) is 12.1 Å². The molecule has 0 aliphatic rings. The van der Waals surface area contributed by atoms with Gasteiger partial charge in [0.2, 0.25) is 0 Å². The molecule has 0 unspecified atom stereocenters. The van der Waals surface area contributed by atoms with Crippen LogP contribution in [0.5, 0.6) is 0 Å². The van der Waals surface area contributed by atoms with Crippen molar-refractivity contribution in [3.05, 3.63) is 84.1 Å². The molecule has 0 aliphatic heterocycles. The van der Waals surface area contributed by atoms with E-state index in [4.69, 9.17) is 4.42 Å². The molecule has 0 aliphatic carbocycles. The molecular formula is C21H20N2O2. The minimum atomic E-state index is -0.355. The molecule has 0 fully saturated rings. The van der Waals surface area contributed by atoms with Crippen LogP contribution in [-0.4, -0.2) is 11.6 Å². The minimum Gasteiger partial charge on any atom is -0.451 e. The monoisotopic (exact) mass is 332 g/mol. The van der Waals surface area contributed by atoms with Gasteiger partial charge in [-0.25, -0.2) is 5.43 Å². The summed E-state index contributed by atoms with van der Waals surface area (Å²) in [6, 6.07) is 23.0. The second-order valence-corrected chi connectivity index (χ2v) is 5.65. The highest BCUT2D eigenvalue weighted by molar-refractivity contribution is 6.01. The molecule has 2 aromatic carbocycles. The van der Waals surface area contributed by atoms with E-state index in [9.17, 15) is 4.79 Å². The van der Waals surface area contributed by atoms with Crippen molar-refractivity contribution in [3.8, 4) is 11.3 Å². The van der Waals surface area contributed by atoms with Crippen LogP contribution in [0.1, 0.15) is 35.9 Å². The number of furan rings is 1. The molecule has 0 bridgehead atoms. The van der Waals surface area contributed by atoms with Gasteiger partial charge >= 0.3 is 5.91 Å². The van der Waals surface area contributed by atoms with Gasteiger partial charge in [0.1, 0.15) is 5.76 Å². The van der Waals surface area contributed by atoms with E-state index < -0.39 is 0 Å². The Balaban J connectivity index is 1.74. The number of carbonyl (C=O) groups excluding carboxylic acids is 1. The second-order valence-electron chi connectivity index (χ2n) is 5.65. The number of nitrogens with one attached hydrogen (secondary N) is 1. The van der Waals surface area contributed by atoms with Crippen LogP contribution in [0.2, 0.25) is 0 Å². The van der Waals surface area contributed by atoms with E-state index in [1.807, 2.05) is 60.7 Å². The van der Waals surface area contributed by atoms with Crippen LogP contribution in [0.15, 0.2) is 82.3 Å². The Hall–Kier alpha value is -3.14. The van der Waals surface area contributed by atoms with Crippen LogP contribution < -0.4 is 5.43 Å². The molecule has 4 heteroatoms. The minimum absolute atomic E-state index is 0.242. The molecule has 1 aromatic heterocycles. The van der Waals surface area contributed by atoms with Crippen molar-refractivity contribution in [3.63, 3.8) is 0 Å². The summed E-state index contributed by atoms with van der Waals surface area (Å²) in [5.41, 5.74) is 5.40. The zero-order valence-electron chi connectivity index (χ0n) is 14.1. The first-order valence-electron chi connectivity index (χ1n) is 8.35. The summed E-state index contributed by atoms with van der Waals surface area (Å²) in [6.45, 7) is 2.08. The van der Waals surface area contributed by atoms with E-state index in [1.165, 1.54) is 0 Å². The van der Waals surface area contributed by atoms with E-state index in [2.05, 4.69) is 17.5 Å². The van der Waals surface area contributed by atoms with Crippen molar-refractivity contribution < 1.29 is 9.21 Å². The molecule has 25 heavy (non-hydrogen) atoms. The Labute approximate surface area is 147 Å². The lowest BCUT2D eigenvalue weighted by molar-refractivity contribution is 0.0928. The number of amides is 1. The predicted molar refractivity (Wildman–Crippen MR) is 99.5 cm³/mol. The standard InChI is InChI=1S/C21H20N2O2/c1-2-9-18(16-10-5-3-6-11-16)22-23-21(24)20-15-14-19(25-20)17-12-7-4-8-13-17/h3-8,10-15H,2,9H2,1H3,(H,23,24)/b22-18-. The van der Waals surface area contributed by atoms with Crippen LogP contribution in [0.4, 0.5) is 0 Å². The van der Waals surface area contributed by atoms with Crippen molar-refractivity contribution in [2.45, 2.75) is 19.8 Å². The van der Waals surface area contributed by atoms with E-state index in [0.29, 0.717) is 5.76 Å². The summed E-state index contributed by atoms with van der Waals surface area (Å²) in [4.78, 5) is 12.3. The van der Waals surface area contributed by atoms with Crippen molar-refractivity contribution >= 4 is 11.6 Å². The van der Waals surface area contributed by atoms with Crippen LogP contribution >= 0.6 is 0 Å². The quantitative estimate of drug-likeness (QED) is 0.516. The third-order valence-electron chi connectivity index (χ3n) is 3.77. The van der Waals surface area contributed by atoms with Gasteiger partial charge in [-0.2, -0.15) is 5.10 Å². The highest BCUT2D eigenvalue weighted by Gasteiger charge is 2.12. The Morgan fingerprint density at radius 2 is 1.64 bits per heavy atom. The highest BCUT2D eigenvalue weighted by Crippen LogP contribution is 2.21.